The molecular weight excluding hydrogens is 264 g/mol. The molecule has 0 saturated heterocycles. The first-order valence-corrected chi connectivity index (χ1v) is 7.32. The van der Waals surface area contributed by atoms with Crippen molar-refractivity contribution in [3.05, 3.63) is 40.7 Å². The molecule has 0 aliphatic carbocycles. The standard InChI is InChI=1S/C16H22N4O/c1-5-6-7-17-16(21)15-13(4)20(19-18-15)14-9-11(2)8-12(3)10-14/h8-10H,5-7H2,1-4H3,(H,17,21). The maximum absolute atomic E-state index is 12.1. The number of carbonyl (C=O) groups is 1. The van der Waals surface area contributed by atoms with Crippen molar-refractivity contribution in [1.82, 2.24) is 20.3 Å². The van der Waals surface area contributed by atoms with Gasteiger partial charge in [0.05, 0.1) is 11.4 Å². The van der Waals surface area contributed by atoms with Crippen LogP contribution < -0.4 is 5.32 Å². The van der Waals surface area contributed by atoms with Crippen molar-refractivity contribution in [1.29, 1.82) is 0 Å². The highest BCUT2D eigenvalue weighted by Gasteiger charge is 2.17. The van der Waals surface area contributed by atoms with E-state index in [2.05, 4.69) is 28.6 Å². The molecule has 5 nitrogen and oxygen atoms in total. The second-order valence-corrected chi connectivity index (χ2v) is 5.39. The number of rotatable bonds is 5. The Morgan fingerprint density at radius 3 is 2.48 bits per heavy atom. The summed E-state index contributed by atoms with van der Waals surface area (Å²) in [6, 6.07) is 6.18. The molecule has 1 N–H and O–H groups in total. The highest BCUT2D eigenvalue weighted by atomic mass is 16.2. The zero-order chi connectivity index (χ0) is 15.4. The maximum Gasteiger partial charge on any atom is 0.273 e. The second kappa shape index (κ2) is 6.52. The van der Waals surface area contributed by atoms with Gasteiger partial charge in [-0.3, -0.25) is 4.79 Å². The first-order valence-electron chi connectivity index (χ1n) is 7.32. The topological polar surface area (TPSA) is 59.8 Å². The van der Waals surface area contributed by atoms with E-state index in [-0.39, 0.29) is 5.91 Å². The van der Waals surface area contributed by atoms with Crippen molar-refractivity contribution in [3.63, 3.8) is 0 Å². The fraction of sp³-hybridized carbons (Fsp3) is 0.438. The summed E-state index contributed by atoms with van der Waals surface area (Å²) >= 11 is 0. The van der Waals surface area contributed by atoms with Crippen LogP contribution in [0, 0.1) is 20.8 Å². The lowest BCUT2D eigenvalue weighted by atomic mass is 10.1. The lowest BCUT2D eigenvalue weighted by Crippen LogP contribution is -2.25. The summed E-state index contributed by atoms with van der Waals surface area (Å²) in [4.78, 5) is 12.1. The van der Waals surface area contributed by atoms with Crippen LogP contribution in [0.25, 0.3) is 5.69 Å². The molecule has 0 aliphatic heterocycles. The van der Waals surface area contributed by atoms with Crippen LogP contribution in [-0.4, -0.2) is 27.4 Å². The highest BCUT2D eigenvalue weighted by Crippen LogP contribution is 2.16. The molecule has 0 spiro atoms. The number of hydrogen-bond donors (Lipinski definition) is 1. The second-order valence-electron chi connectivity index (χ2n) is 5.39. The number of nitrogens with zero attached hydrogens (tertiary/aromatic N) is 3. The molecular formula is C16H22N4O. The molecule has 0 unspecified atom stereocenters. The molecule has 0 aliphatic rings. The Kier molecular flexibility index (Phi) is 4.73. The van der Waals surface area contributed by atoms with E-state index in [4.69, 9.17) is 0 Å². The zero-order valence-corrected chi connectivity index (χ0v) is 13.1. The van der Waals surface area contributed by atoms with Gasteiger partial charge in [0.25, 0.3) is 5.91 Å². The predicted molar refractivity (Wildman–Crippen MR) is 82.8 cm³/mol. The predicted octanol–water partition coefficient (Wildman–Crippen LogP) is 2.72. The number of aromatic nitrogens is 3. The zero-order valence-electron chi connectivity index (χ0n) is 13.1. The summed E-state index contributed by atoms with van der Waals surface area (Å²) in [5, 5.41) is 11.0. The number of amides is 1. The van der Waals surface area contributed by atoms with E-state index < -0.39 is 0 Å². The van der Waals surface area contributed by atoms with Gasteiger partial charge >= 0.3 is 0 Å². The van der Waals surface area contributed by atoms with Gasteiger partial charge < -0.3 is 5.32 Å². The van der Waals surface area contributed by atoms with Crippen LogP contribution in [-0.2, 0) is 0 Å². The number of hydrogen-bond acceptors (Lipinski definition) is 3. The third-order valence-corrected chi connectivity index (χ3v) is 3.38. The first-order chi connectivity index (χ1) is 10.0. The minimum absolute atomic E-state index is 0.156. The van der Waals surface area contributed by atoms with Gasteiger partial charge in [0.15, 0.2) is 5.69 Å². The third kappa shape index (κ3) is 3.48. The quantitative estimate of drug-likeness (QED) is 0.860. The van der Waals surface area contributed by atoms with Crippen molar-refractivity contribution < 1.29 is 4.79 Å². The number of carbonyl (C=O) groups excluding carboxylic acids is 1. The van der Waals surface area contributed by atoms with Gasteiger partial charge in [-0.1, -0.05) is 24.6 Å². The molecule has 0 atom stereocenters. The fourth-order valence-electron chi connectivity index (χ4n) is 2.32. The summed E-state index contributed by atoms with van der Waals surface area (Å²) in [6.07, 6.45) is 2.02. The van der Waals surface area contributed by atoms with Crippen molar-refractivity contribution in [2.75, 3.05) is 6.54 Å². The Labute approximate surface area is 125 Å². The van der Waals surface area contributed by atoms with Crippen LogP contribution in [0.4, 0.5) is 0 Å². The molecule has 21 heavy (non-hydrogen) atoms. The molecule has 2 aromatic rings. The minimum atomic E-state index is -0.156. The minimum Gasteiger partial charge on any atom is -0.351 e. The van der Waals surface area contributed by atoms with Gasteiger partial charge in [-0.2, -0.15) is 0 Å². The fourth-order valence-corrected chi connectivity index (χ4v) is 2.32. The average Bonchev–Trinajstić information content (AvgIpc) is 2.79. The monoisotopic (exact) mass is 286 g/mol. The van der Waals surface area contributed by atoms with Gasteiger partial charge in [0.2, 0.25) is 0 Å². The van der Waals surface area contributed by atoms with Crippen LogP contribution >= 0.6 is 0 Å². The number of nitrogens with one attached hydrogen (secondary N) is 1. The molecule has 1 amide bonds. The van der Waals surface area contributed by atoms with Crippen LogP contribution in [0.2, 0.25) is 0 Å². The Morgan fingerprint density at radius 1 is 1.19 bits per heavy atom. The van der Waals surface area contributed by atoms with Gasteiger partial charge in [0.1, 0.15) is 0 Å². The molecule has 0 bridgehead atoms. The van der Waals surface area contributed by atoms with E-state index in [1.807, 2.05) is 32.9 Å². The Bertz CT molecular complexity index is 625. The summed E-state index contributed by atoms with van der Waals surface area (Å²) in [5.41, 5.74) is 4.41. The molecule has 0 fully saturated rings. The van der Waals surface area contributed by atoms with Crippen LogP contribution in [0.5, 0.6) is 0 Å². The van der Waals surface area contributed by atoms with E-state index >= 15 is 0 Å². The van der Waals surface area contributed by atoms with Crippen LogP contribution in [0.1, 0.15) is 47.1 Å². The van der Waals surface area contributed by atoms with Gasteiger partial charge in [-0.15, -0.1) is 5.10 Å². The molecule has 1 aromatic heterocycles. The van der Waals surface area contributed by atoms with E-state index in [9.17, 15) is 4.79 Å². The van der Waals surface area contributed by atoms with Crippen LogP contribution in [0.15, 0.2) is 18.2 Å². The normalized spacial score (nSPS) is 10.7. The summed E-state index contributed by atoms with van der Waals surface area (Å²) in [7, 11) is 0. The largest absolute Gasteiger partial charge is 0.351 e. The smallest absolute Gasteiger partial charge is 0.273 e. The lowest BCUT2D eigenvalue weighted by molar-refractivity contribution is 0.0947. The van der Waals surface area contributed by atoms with E-state index in [0.29, 0.717) is 12.2 Å². The van der Waals surface area contributed by atoms with Crippen LogP contribution in [0.3, 0.4) is 0 Å². The molecule has 0 radical (unpaired) electrons. The summed E-state index contributed by atoms with van der Waals surface area (Å²) in [5.74, 6) is -0.156. The van der Waals surface area contributed by atoms with Gasteiger partial charge in [-0.05, 0) is 50.5 Å². The number of aryl methyl sites for hydroxylation is 2. The average molecular weight is 286 g/mol. The molecule has 0 saturated carbocycles. The van der Waals surface area contributed by atoms with Gasteiger partial charge in [-0.25, -0.2) is 4.68 Å². The van der Waals surface area contributed by atoms with E-state index in [1.54, 1.807) is 4.68 Å². The summed E-state index contributed by atoms with van der Waals surface area (Å²) in [6.45, 7) is 8.72. The van der Waals surface area contributed by atoms with E-state index in [0.717, 1.165) is 35.3 Å². The lowest BCUT2D eigenvalue weighted by Gasteiger charge is -2.07. The number of unbranched alkanes of at least 4 members (excludes halogenated alkanes) is 1. The third-order valence-electron chi connectivity index (χ3n) is 3.38. The van der Waals surface area contributed by atoms with Gasteiger partial charge in [0, 0.05) is 6.54 Å². The van der Waals surface area contributed by atoms with Crippen molar-refractivity contribution >= 4 is 5.91 Å². The Balaban J connectivity index is 2.26. The SMILES string of the molecule is CCCCNC(=O)c1nnn(-c2cc(C)cc(C)c2)c1C. The van der Waals surface area contributed by atoms with Crippen molar-refractivity contribution in [2.24, 2.45) is 0 Å². The molecule has 1 heterocycles. The molecule has 1 aromatic carbocycles. The maximum atomic E-state index is 12.1. The molecule has 5 heteroatoms. The number of benzene rings is 1. The van der Waals surface area contributed by atoms with Crippen molar-refractivity contribution in [3.8, 4) is 5.69 Å². The molecule has 2 rings (SSSR count). The first kappa shape index (κ1) is 15.2. The Morgan fingerprint density at radius 2 is 1.86 bits per heavy atom. The Hall–Kier alpha value is -2.17. The van der Waals surface area contributed by atoms with E-state index in [1.165, 1.54) is 0 Å². The molecule has 112 valence electrons. The summed E-state index contributed by atoms with van der Waals surface area (Å²) < 4.78 is 1.72. The highest BCUT2D eigenvalue weighted by molar-refractivity contribution is 5.93. The van der Waals surface area contributed by atoms with Crippen molar-refractivity contribution in [2.45, 2.75) is 40.5 Å².